The van der Waals surface area contributed by atoms with Gasteiger partial charge in [0.25, 0.3) is 0 Å². The van der Waals surface area contributed by atoms with Crippen LogP contribution in [-0.4, -0.2) is 59.4 Å². The van der Waals surface area contributed by atoms with Crippen molar-refractivity contribution in [2.24, 2.45) is 0 Å². The van der Waals surface area contributed by atoms with Gasteiger partial charge in [0.1, 0.15) is 12.4 Å². The summed E-state index contributed by atoms with van der Waals surface area (Å²) in [6.07, 6.45) is 3.14. The number of carbonyl (C=O) groups is 2. The monoisotopic (exact) mass is 522 g/mol. The zero-order chi connectivity index (χ0) is 26.0. The minimum absolute atomic E-state index is 0.0272. The van der Waals surface area contributed by atoms with E-state index in [4.69, 9.17) is 0 Å². The highest BCUT2D eigenvalue weighted by molar-refractivity contribution is 7.09. The van der Waals surface area contributed by atoms with Gasteiger partial charge in [-0.15, -0.1) is 11.3 Å². The summed E-state index contributed by atoms with van der Waals surface area (Å²) in [6, 6.07) is 17.7. The fraction of sp³-hybridized carbons (Fsp3) is 0.379. The summed E-state index contributed by atoms with van der Waals surface area (Å²) in [7, 11) is 0. The fourth-order valence-corrected chi connectivity index (χ4v) is 5.28. The van der Waals surface area contributed by atoms with Gasteiger partial charge in [-0.2, -0.15) is 0 Å². The van der Waals surface area contributed by atoms with Crippen molar-refractivity contribution >= 4 is 29.0 Å². The molecule has 1 saturated heterocycles. The number of nitrogens with one attached hydrogen (secondary N) is 1. The number of amides is 3. The normalized spacial score (nSPS) is 13.5. The zero-order valence-corrected chi connectivity index (χ0v) is 22.2. The molecule has 1 aliphatic rings. The Bertz CT molecular complexity index is 1150. The van der Waals surface area contributed by atoms with Crippen molar-refractivity contribution in [1.82, 2.24) is 14.7 Å². The van der Waals surface area contributed by atoms with Gasteiger partial charge in [-0.25, -0.2) is 9.18 Å². The first kappa shape index (κ1) is 26.8. The van der Waals surface area contributed by atoms with Crippen LogP contribution in [0.1, 0.15) is 35.8 Å². The molecule has 2 aromatic carbocycles. The van der Waals surface area contributed by atoms with Gasteiger partial charge < -0.3 is 20.0 Å². The van der Waals surface area contributed by atoms with E-state index in [9.17, 15) is 14.0 Å². The first-order chi connectivity index (χ1) is 18.0. The van der Waals surface area contributed by atoms with Gasteiger partial charge in [-0.05, 0) is 73.1 Å². The lowest BCUT2D eigenvalue weighted by molar-refractivity contribution is -0.133. The SMILES string of the molecule is CCc1ccccc1NC(=O)N(CCN1CCCC1)CC(=O)N(Cc1ccc(F)cc1)Cc1cccs1. The lowest BCUT2D eigenvalue weighted by Gasteiger charge is -2.29. The van der Waals surface area contributed by atoms with Crippen molar-refractivity contribution in [3.63, 3.8) is 0 Å². The average Bonchev–Trinajstić information content (AvgIpc) is 3.62. The molecule has 0 spiro atoms. The Kier molecular flexibility index (Phi) is 9.68. The van der Waals surface area contributed by atoms with Crippen LogP contribution in [0.3, 0.4) is 0 Å². The third kappa shape index (κ3) is 7.87. The molecule has 4 rings (SSSR count). The minimum atomic E-state index is -0.308. The summed E-state index contributed by atoms with van der Waals surface area (Å²) < 4.78 is 13.5. The number of urea groups is 1. The number of benzene rings is 2. The Morgan fingerprint density at radius 3 is 2.43 bits per heavy atom. The third-order valence-corrected chi connectivity index (χ3v) is 7.57. The minimum Gasteiger partial charge on any atom is -0.332 e. The molecular formula is C29H35FN4O2S. The van der Waals surface area contributed by atoms with Gasteiger partial charge in [-0.3, -0.25) is 4.79 Å². The molecule has 37 heavy (non-hydrogen) atoms. The molecule has 3 amide bonds. The van der Waals surface area contributed by atoms with Crippen molar-refractivity contribution < 1.29 is 14.0 Å². The van der Waals surface area contributed by atoms with E-state index >= 15 is 0 Å². The van der Waals surface area contributed by atoms with E-state index in [2.05, 4.69) is 17.1 Å². The number of nitrogens with zero attached hydrogens (tertiary/aromatic N) is 3. The van der Waals surface area contributed by atoms with Crippen molar-refractivity contribution in [3.05, 3.63) is 87.9 Å². The molecule has 0 saturated carbocycles. The van der Waals surface area contributed by atoms with Crippen LogP contribution in [0.15, 0.2) is 66.0 Å². The second kappa shape index (κ2) is 13.4. The van der Waals surface area contributed by atoms with E-state index in [-0.39, 0.29) is 24.3 Å². The lowest BCUT2D eigenvalue weighted by Crippen LogP contribution is -2.46. The van der Waals surface area contributed by atoms with Crippen LogP contribution in [0, 0.1) is 5.82 Å². The van der Waals surface area contributed by atoms with E-state index in [1.807, 2.05) is 41.8 Å². The van der Waals surface area contributed by atoms with Crippen LogP contribution >= 0.6 is 11.3 Å². The Morgan fingerprint density at radius 2 is 1.73 bits per heavy atom. The third-order valence-electron chi connectivity index (χ3n) is 6.70. The quantitative estimate of drug-likeness (QED) is 0.356. The molecular weight excluding hydrogens is 487 g/mol. The maximum absolute atomic E-state index is 13.6. The molecule has 0 unspecified atom stereocenters. The van der Waals surface area contributed by atoms with Crippen LogP contribution in [0.25, 0.3) is 0 Å². The fourth-order valence-electron chi connectivity index (χ4n) is 4.56. The smallest absolute Gasteiger partial charge is 0.322 e. The van der Waals surface area contributed by atoms with Crippen LogP contribution < -0.4 is 5.32 Å². The number of carbonyl (C=O) groups excluding carboxylic acids is 2. The first-order valence-corrected chi connectivity index (χ1v) is 13.8. The topological polar surface area (TPSA) is 55.9 Å². The van der Waals surface area contributed by atoms with Crippen molar-refractivity contribution in [2.75, 3.05) is 38.0 Å². The molecule has 6 nitrogen and oxygen atoms in total. The number of anilines is 1. The number of para-hydroxylation sites is 1. The lowest BCUT2D eigenvalue weighted by atomic mass is 10.1. The van der Waals surface area contributed by atoms with Gasteiger partial charge in [0.2, 0.25) is 5.91 Å². The largest absolute Gasteiger partial charge is 0.332 e. The van der Waals surface area contributed by atoms with E-state index < -0.39 is 0 Å². The average molecular weight is 523 g/mol. The summed E-state index contributed by atoms with van der Waals surface area (Å²) in [5.74, 6) is -0.449. The van der Waals surface area contributed by atoms with E-state index in [0.717, 1.165) is 47.7 Å². The summed E-state index contributed by atoms with van der Waals surface area (Å²) in [5, 5.41) is 5.02. The van der Waals surface area contributed by atoms with Gasteiger partial charge in [0, 0.05) is 30.2 Å². The number of likely N-dealkylation sites (tertiary alicyclic amines) is 1. The highest BCUT2D eigenvalue weighted by Gasteiger charge is 2.24. The number of halogens is 1. The predicted molar refractivity (Wildman–Crippen MR) is 147 cm³/mol. The molecule has 1 fully saturated rings. The molecule has 1 N–H and O–H groups in total. The van der Waals surface area contributed by atoms with Crippen molar-refractivity contribution in [2.45, 2.75) is 39.3 Å². The van der Waals surface area contributed by atoms with E-state index in [1.165, 1.54) is 25.0 Å². The van der Waals surface area contributed by atoms with Crippen LogP contribution in [-0.2, 0) is 24.3 Å². The van der Waals surface area contributed by atoms with Crippen LogP contribution in [0.4, 0.5) is 14.9 Å². The molecule has 0 atom stereocenters. The number of hydrogen-bond acceptors (Lipinski definition) is 4. The maximum atomic E-state index is 13.6. The summed E-state index contributed by atoms with van der Waals surface area (Å²) in [6.45, 7) is 6.06. The van der Waals surface area contributed by atoms with Crippen LogP contribution in [0.2, 0.25) is 0 Å². The second-order valence-electron chi connectivity index (χ2n) is 9.37. The molecule has 1 aromatic heterocycles. The molecule has 196 valence electrons. The highest BCUT2D eigenvalue weighted by atomic mass is 32.1. The van der Waals surface area contributed by atoms with E-state index in [1.54, 1.807) is 33.3 Å². The Morgan fingerprint density at radius 1 is 0.973 bits per heavy atom. The van der Waals surface area contributed by atoms with Gasteiger partial charge in [0.05, 0.1) is 6.54 Å². The Labute approximate surface area is 222 Å². The Hall–Kier alpha value is -3.23. The van der Waals surface area contributed by atoms with Gasteiger partial charge >= 0.3 is 6.03 Å². The second-order valence-corrected chi connectivity index (χ2v) is 10.4. The molecule has 3 aromatic rings. The summed E-state index contributed by atoms with van der Waals surface area (Å²) >= 11 is 1.59. The molecule has 0 aliphatic carbocycles. The summed E-state index contributed by atoms with van der Waals surface area (Å²) in [5.41, 5.74) is 2.67. The zero-order valence-electron chi connectivity index (χ0n) is 21.4. The predicted octanol–water partition coefficient (Wildman–Crippen LogP) is 5.61. The number of rotatable bonds is 11. The molecule has 8 heteroatoms. The van der Waals surface area contributed by atoms with Crippen molar-refractivity contribution in [1.29, 1.82) is 0 Å². The number of thiophene rings is 1. The van der Waals surface area contributed by atoms with Gasteiger partial charge in [-0.1, -0.05) is 43.3 Å². The molecule has 0 bridgehead atoms. The number of aryl methyl sites for hydroxylation is 1. The standard InChI is InChI=1S/C29H35FN4O2S/c1-2-24-8-3-4-10-27(24)31-29(36)33(18-17-32-15-5-6-16-32)22-28(35)34(21-26-9-7-19-37-26)20-23-11-13-25(30)14-12-23/h3-4,7-14,19H,2,5-6,15-18,20-22H2,1H3,(H,31,36). The first-order valence-electron chi connectivity index (χ1n) is 12.9. The maximum Gasteiger partial charge on any atom is 0.322 e. The van der Waals surface area contributed by atoms with Crippen molar-refractivity contribution in [3.8, 4) is 0 Å². The van der Waals surface area contributed by atoms with Crippen LogP contribution in [0.5, 0.6) is 0 Å². The highest BCUT2D eigenvalue weighted by Crippen LogP contribution is 2.18. The van der Waals surface area contributed by atoms with E-state index in [0.29, 0.717) is 19.6 Å². The molecule has 2 heterocycles. The number of hydrogen-bond donors (Lipinski definition) is 1. The Balaban J connectivity index is 1.50. The van der Waals surface area contributed by atoms with Gasteiger partial charge in [0.15, 0.2) is 0 Å². The molecule has 0 radical (unpaired) electrons. The molecule has 1 aliphatic heterocycles. The summed E-state index contributed by atoms with van der Waals surface area (Å²) in [4.78, 5) is 33.9.